The molecule has 0 saturated heterocycles. The second-order valence-corrected chi connectivity index (χ2v) is 8.13. The molecule has 26 heavy (non-hydrogen) atoms. The predicted molar refractivity (Wildman–Crippen MR) is 120 cm³/mol. The van der Waals surface area contributed by atoms with Crippen molar-refractivity contribution in [3.8, 4) is 0 Å². The van der Waals surface area contributed by atoms with Crippen LogP contribution in [0.15, 0.2) is 30.3 Å². The van der Waals surface area contributed by atoms with E-state index in [0.29, 0.717) is 0 Å². The smallest absolute Gasteiger partial charge is 0.0405 e. The van der Waals surface area contributed by atoms with E-state index in [2.05, 4.69) is 25.9 Å². The van der Waals surface area contributed by atoms with Gasteiger partial charge in [-0.25, -0.2) is 0 Å². The van der Waals surface area contributed by atoms with Crippen molar-refractivity contribution in [2.45, 2.75) is 96.8 Å². The van der Waals surface area contributed by atoms with E-state index in [0.717, 1.165) is 5.02 Å². The van der Waals surface area contributed by atoms with Gasteiger partial charge in [0, 0.05) is 5.02 Å². The molecule has 0 amide bonds. The van der Waals surface area contributed by atoms with Crippen LogP contribution in [0.2, 0.25) is 5.02 Å². The van der Waals surface area contributed by atoms with Crippen LogP contribution < -0.4 is 0 Å². The first-order chi connectivity index (χ1) is 12.7. The van der Waals surface area contributed by atoms with Crippen molar-refractivity contribution < 1.29 is 0 Å². The molecule has 1 nitrogen and oxygen atoms in total. The second-order valence-electron chi connectivity index (χ2n) is 7.70. The summed E-state index contributed by atoms with van der Waals surface area (Å²) < 4.78 is 0. The summed E-state index contributed by atoms with van der Waals surface area (Å²) in [6.45, 7) is 3.55. The summed E-state index contributed by atoms with van der Waals surface area (Å²) in [5.74, 6) is 0. The molecule has 0 aliphatic heterocycles. The Morgan fingerprint density at radius 2 is 1.00 bits per heavy atom. The van der Waals surface area contributed by atoms with E-state index < -0.39 is 0 Å². The maximum absolute atomic E-state index is 5.54. The molecule has 0 saturated carbocycles. The summed E-state index contributed by atoms with van der Waals surface area (Å²) in [4.78, 5) is 2.29. The van der Waals surface area contributed by atoms with E-state index in [1.165, 1.54) is 96.4 Å². The summed E-state index contributed by atoms with van der Waals surface area (Å²) in [6, 6.07) is 9.44. The summed E-state index contributed by atoms with van der Waals surface area (Å²) in [7, 11) is 4.34. The fraction of sp³-hybridized carbons (Fsp3) is 0.750. The average molecular weight is 382 g/mol. The third kappa shape index (κ3) is 21.5. The SMILES string of the molecule is CCCCCCCCCCCCCCCCN(C)C.Clc1ccccc1. The van der Waals surface area contributed by atoms with Crippen molar-refractivity contribution in [2.24, 2.45) is 0 Å². The van der Waals surface area contributed by atoms with Crippen molar-refractivity contribution >= 4 is 11.6 Å². The summed E-state index contributed by atoms with van der Waals surface area (Å²) >= 11 is 5.54. The Labute approximate surface area is 169 Å². The van der Waals surface area contributed by atoms with Gasteiger partial charge in [-0.15, -0.1) is 0 Å². The van der Waals surface area contributed by atoms with Crippen molar-refractivity contribution in [1.29, 1.82) is 0 Å². The van der Waals surface area contributed by atoms with Crippen LogP contribution in [0.25, 0.3) is 0 Å². The third-order valence-corrected chi connectivity index (χ3v) is 4.94. The fourth-order valence-corrected chi connectivity index (χ4v) is 3.18. The Bertz CT molecular complexity index is 364. The zero-order valence-electron chi connectivity index (χ0n) is 17.8. The van der Waals surface area contributed by atoms with Crippen molar-refractivity contribution in [3.63, 3.8) is 0 Å². The molecule has 0 aliphatic rings. The lowest BCUT2D eigenvalue weighted by atomic mass is 10.0. The molecule has 0 spiro atoms. The minimum absolute atomic E-state index is 0.794. The first kappa shape index (κ1) is 25.5. The van der Waals surface area contributed by atoms with Gasteiger partial charge in [0.2, 0.25) is 0 Å². The molecule has 2 heteroatoms. The second kappa shape index (κ2) is 20.8. The number of hydrogen-bond donors (Lipinski definition) is 0. The number of hydrogen-bond acceptors (Lipinski definition) is 1. The van der Waals surface area contributed by atoms with Gasteiger partial charge in [0.1, 0.15) is 0 Å². The van der Waals surface area contributed by atoms with Crippen LogP contribution in [-0.4, -0.2) is 25.5 Å². The van der Waals surface area contributed by atoms with Gasteiger partial charge in [-0.1, -0.05) is 120 Å². The monoisotopic (exact) mass is 381 g/mol. The van der Waals surface area contributed by atoms with Crippen LogP contribution in [0.5, 0.6) is 0 Å². The molecule has 152 valence electrons. The van der Waals surface area contributed by atoms with Crippen LogP contribution in [-0.2, 0) is 0 Å². The van der Waals surface area contributed by atoms with Crippen LogP contribution >= 0.6 is 11.6 Å². The lowest BCUT2D eigenvalue weighted by Gasteiger charge is -2.08. The Kier molecular flexibility index (Phi) is 20.4. The Hall–Kier alpha value is -0.530. The molecule has 0 atom stereocenters. The highest BCUT2D eigenvalue weighted by molar-refractivity contribution is 6.30. The van der Waals surface area contributed by atoms with Crippen LogP contribution in [0.1, 0.15) is 96.8 Å². The van der Waals surface area contributed by atoms with Gasteiger partial charge in [0.15, 0.2) is 0 Å². The highest BCUT2D eigenvalue weighted by atomic mass is 35.5. The van der Waals surface area contributed by atoms with Gasteiger partial charge in [0.25, 0.3) is 0 Å². The lowest BCUT2D eigenvalue weighted by molar-refractivity contribution is 0.389. The normalized spacial score (nSPS) is 10.7. The zero-order chi connectivity index (χ0) is 19.3. The topological polar surface area (TPSA) is 3.24 Å². The summed E-state index contributed by atoms with van der Waals surface area (Å²) in [6.07, 6.45) is 20.3. The maximum Gasteiger partial charge on any atom is 0.0405 e. The maximum atomic E-state index is 5.54. The molecule has 1 rings (SSSR count). The molecule has 0 aliphatic carbocycles. The minimum Gasteiger partial charge on any atom is -0.309 e. The Morgan fingerprint density at radius 1 is 0.615 bits per heavy atom. The minimum atomic E-state index is 0.794. The van der Waals surface area contributed by atoms with E-state index in [9.17, 15) is 0 Å². The predicted octanol–water partition coefficient (Wildman–Crippen LogP) is 8.37. The van der Waals surface area contributed by atoms with E-state index in [4.69, 9.17) is 11.6 Å². The van der Waals surface area contributed by atoms with Crippen molar-refractivity contribution in [1.82, 2.24) is 4.90 Å². The van der Waals surface area contributed by atoms with Crippen molar-refractivity contribution in [2.75, 3.05) is 20.6 Å². The van der Waals surface area contributed by atoms with E-state index in [1.54, 1.807) is 0 Å². The number of rotatable bonds is 15. The summed E-state index contributed by atoms with van der Waals surface area (Å²) in [5, 5.41) is 0.794. The average Bonchev–Trinajstić information content (AvgIpc) is 2.63. The van der Waals surface area contributed by atoms with E-state index in [-0.39, 0.29) is 0 Å². The number of halogens is 1. The first-order valence-corrected chi connectivity index (χ1v) is 11.4. The summed E-state index contributed by atoms with van der Waals surface area (Å²) in [5.41, 5.74) is 0. The molecule has 1 aromatic carbocycles. The molecule has 0 radical (unpaired) electrons. The first-order valence-electron chi connectivity index (χ1n) is 11.0. The lowest BCUT2D eigenvalue weighted by Crippen LogP contribution is -2.12. The van der Waals surface area contributed by atoms with E-state index in [1.807, 2.05) is 30.3 Å². The molecule has 0 N–H and O–H groups in total. The molecular formula is C24H44ClN. The zero-order valence-corrected chi connectivity index (χ0v) is 18.6. The fourth-order valence-electron chi connectivity index (χ4n) is 3.04. The van der Waals surface area contributed by atoms with Crippen molar-refractivity contribution in [3.05, 3.63) is 35.4 Å². The van der Waals surface area contributed by atoms with Gasteiger partial charge in [0.05, 0.1) is 0 Å². The highest BCUT2D eigenvalue weighted by Crippen LogP contribution is 2.12. The van der Waals surface area contributed by atoms with E-state index >= 15 is 0 Å². The Morgan fingerprint density at radius 3 is 1.31 bits per heavy atom. The number of unbranched alkanes of at least 4 members (excludes halogenated alkanes) is 13. The molecule has 0 unspecified atom stereocenters. The Balaban J connectivity index is 0.000000735. The molecular weight excluding hydrogens is 338 g/mol. The molecule has 0 fully saturated rings. The van der Waals surface area contributed by atoms with Gasteiger partial charge < -0.3 is 4.90 Å². The standard InChI is InChI=1S/C18H39N.C6H5Cl/c1-4-5-6-7-8-9-10-11-12-13-14-15-16-17-18-19(2)3;7-6-4-2-1-3-5-6/h4-18H2,1-3H3;1-5H. The van der Waals surface area contributed by atoms with Crippen LogP contribution in [0.4, 0.5) is 0 Å². The number of nitrogens with zero attached hydrogens (tertiary/aromatic N) is 1. The van der Waals surface area contributed by atoms with Gasteiger partial charge in [-0.2, -0.15) is 0 Å². The van der Waals surface area contributed by atoms with Gasteiger partial charge in [-0.3, -0.25) is 0 Å². The number of benzene rings is 1. The van der Waals surface area contributed by atoms with Crippen LogP contribution in [0.3, 0.4) is 0 Å². The molecule has 1 aromatic rings. The van der Waals surface area contributed by atoms with Crippen LogP contribution in [0, 0.1) is 0 Å². The molecule has 0 heterocycles. The quantitative estimate of drug-likeness (QED) is 0.276. The largest absolute Gasteiger partial charge is 0.309 e. The highest BCUT2D eigenvalue weighted by Gasteiger charge is 1.94. The third-order valence-electron chi connectivity index (χ3n) is 4.69. The molecule has 0 bridgehead atoms. The van der Waals surface area contributed by atoms with Gasteiger partial charge in [-0.05, 0) is 39.2 Å². The molecule has 0 aromatic heterocycles. The van der Waals surface area contributed by atoms with Gasteiger partial charge >= 0.3 is 0 Å².